The molecule has 0 radical (unpaired) electrons. The fraction of sp³-hybridized carbons (Fsp3) is 0.500. The molecule has 5 atom stereocenters. The van der Waals surface area contributed by atoms with Crippen LogP contribution in [0.25, 0.3) is 10.9 Å². The first-order valence-corrected chi connectivity index (χ1v) is 8.92. The van der Waals surface area contributed by atoms with E-state index in [9.17, 15) is 10.4 Å². The SMILES string of the molecule is Br.CC[C@H]1CN2CC[C@H]1CC2[C@H](O)c1ccnc2ccc(C#N)cc12. The summed E-state index contributed by atoms with van der Waals surface area (Å²) >= 11 is 0. The van der Waals surface area contributed by atoms with Gasteiger partial charge in [-0.3, -0.25) is 9.88 Å². The number of halogens is 1. The molecule has 1 aromatic heterocycles. The van der Waals surface area contributed by atoms with Crippen molar-refractivity contribution < 1.29 is 5.11 Å². The van der Waals surface area contributed by atoms with Crippen molar-refractivity contribution in [1.29, 1.82) is 5.26 Å². The minimum absolute atomic E-state index is 0. The molecule has 132 valence electrons. The molecule has 4 heterocycles. The predicted molar refractivity (Wildman–Crippen MR) is 104 cm³/mol. The van der Waals surface area contributed by atoms with E-state index < -0.39 is 6.10 Å². The Balaban J connectivity index is 0.00000182. The largest absolute Gasteiger partial charge is 0.387 e. The quantitative estimate of drug-likeness (QED) is 0.848. The fourth-order valence-corrected chi connectivity index (χ4v) is 4.67. The first-order chi connectivity index (χ1) is 11.7. The molecule has 2 aromatic rings. The molecule has 1 N–H and O–H groups in total. The molecule has 0 saturated carbocycles. The Kier molecular flexibility index (Phi) is 5.43. The van der Waals surface area contributed by atoms with Gasteiger partial charge < -0.3 is 5.11 Å². The van der Waals surface area contributed by atoms with Gasteiger partial charge in [-0.2, -0.15) is 5.26 Å². The number of aliphatic hydroxyl groups excluding tert-OH is 1. The van der Waals surface area contributed by atoms with Crippen molar-refractivity contribution in [3.8, 4) is 6.07 Å². The van der Waals surface area contributed by atoms with Crippen molar-refractivity contribution in [1.82, 2.24) is 9.88 Å². The van der Waals surface area contributed by atoms with Gasteiger partial charge in [0.05, 0.1) is 23.3 Å². The van der Waals surface area contributed by atoms with Crippen LogP contribution in [0, 0.1) is 23.2 Å². The van der Waals surface area contributed by atoms with Gasteiger partial charge in [0.1, 0.15) is 0 Å². The molecule has 1 aromatic carbocycles. The average molecular weight is 402 g/mol. The van der Waals surface area contributed by atoms with Gasteiger partial charge in [-0.05, 0) is 61.1 Å². The van der Waals surface area contributed by atoms with Crippen molar-refractivity contribution in [2.75, 3.05) is 13.1 Å². The van der Waals surface area contributed by atoms with Gasteiger partial charge in [-0.1, -0.05) is 13.3 Å². The Bertz CT molecular complexity index is 803. The number of nitrogens with zero attached hydrogens (tertiary/aromatic N) is 3. The van der Waals surface area contributed by atoms with Crippen LogP contribution in [0.15, 0.2) is 30.5 Å². The summed E-state index contributed by atoms with van der Waals surface area (Å²) in [4.78, 5) is 6.86. The highest BCUT2D eigenvalue weighted by Crippen LogP contribution is 2.42. The van der Waals surface area contributed by atoms with Crippen molar-refractivity contribution in [3.05, 3.63) is 41.6 Å². The molecular formula is C20H24BrN3O. The van der Waals surface area contributed by atoms with Crippen LogP contribution in [0.4, 0.5) is 0 Å². The normalized spacial score (nSPS) is 29.0. The predicted octanol–water partition coefficient (Wildman–Crippen LogP) is 3.84. The Hall–Kier alpha value is -1.48. The number of hydrogen-bond donors (Lipinski definition) is 1. The Morgan fingerprint density at radius 1 is 1.40 bits per heavy atom. The van der Waals surface area contributed by atoms with Crippen molar-refractivity contribution in [3.63, 3.8) is 0 Å². The summed E-state index contributed by atoms with van der Waals surface area (Å²) in [7, 11) is 0. The van der Waals surface area contributed by atoms with Gasteiger partial charge in [0.2, 0.25) is 0 Å². The van der Waals surface area contributed by atoms with E-state index >= 15 is 0 Å². The molecule has 2 bridgehead atoms. The first kappa shape index (κ1) is 18.3. The second-order valence-electron chi connectivity index (χ2n) is 7.20. The van der Waals surface area contributed by atoms with E-state index in [-0.39, 0.29) is 23.0 Å². The van der Waals surface area contributed by atoms with Crippen LogP contribution in [0.5, 0.6) is 0 Å². The monoisotopic (exact) mass is 401 g/mol. The molecule has 0 amide bonds. The van der Waals surface area contributed by atoms with Gasteiger partial charge in [-0.25, -0.2) is 0 Å². The number of hydrogen-bond acceptors (Lipinski definition) is 4. The van der Waals surface area contributed by atoms with E-state index in [1.54, 1.807) is 12.3 Å². The van der Waals surface area contributed by atoms with Crippen LogP contribution < -0.4 is 0 Å². The van der Waals surface area contributed by atoms with E-state index in [1.165, 1.54) is 12.8 Å². The molecular weight excluding hydrogens is 378 g/mol. The van der Waals surface area contributed by atoms with E-state index in [4.69, 9.17) is 0 Å². The molecule has 3 aliphatic rings. The number of aliphatic hydroxyl groups is 1. The lowest BCUT2D eigenvalue weighted by atomic mass is 9.72. The number of pyridine rings is 1. The van der Waals surface area contributed by atoms with Gasteiger partial charge >= 0.3 is 0 Å². The molecule has 2 unspecified atom stereocenters. The first-order valence-electron chi connectivity index (χ1n) is 8.92. The molecule has 3 fully saturated rings. The molecule has 25 heavy (non-hydrogen) atoms. The lowest BCUT2D eigenvalue weighted by molar-refractivity contribution is -0.0562. The second kappa shape index (κ2) is 7.41. The Morgan fingerprint density at radius 2 is 2.24 bits per heavy atom. The maximum atomic E-state index is 11.1. The number of nitriles is 1. The zero-order chi connectivity index (χ0) is 16.7. The molecule has 0 spiro atoms. The Labute approximate surface area is 159 Å². The van der Waals surface area contributed by atoms with Gasteiger partial charge in [0, 0.05) is 24.2 Å². The Morgan fingerprint density at radius 3 is 2.92 bits per heavy atom. The van der Waals surface area contributed by atoms with Crippen molar-refractivity contribution in [2.45, 2.75) is 38.3 Å². The van der Waals surface area contributed by atoms with E-state index in [1.807, 2.05) is 18.2 Å². The van der Waals surface area contributed by atoms with Crippen molar-refractivity contribution >= 4 is 27.9 Å². The summed E-state index contributed by atoms with van der Waals surface area (Å²) < 4.78 is 0. The minimum Gasteiger partial charge on any atom is -0.387 e. The molecule has 5 heteroatoms. The maximum Gasteiger partial charge on any atom is 0.0991 e. The zero-order valence-corrected chi connectivity index (χ0v) is 16.1. The lowest BCUT2D eigenvalue weighted by Gasteiger charge is -2.51. The number of aromatic nitrogens is 1. The molecule has 3 aliphatic heterocycles. The summed E-state index contributed by atoms with van der Waals surface area (Å²) in [6.45, 7) is 4.47. The van der Waals surface area contributed by atoms with Crippen LogP contribution >= 0.6 is 17.0 Å². The van der Waals surface area contributed by atoms with Crippen LogP contribution in [0.2, 0.25) is 0 Å². The van der Waals surface area contributed by atoms with Crippen molar-refractivity contribution in [2.24, 2.45) is 11.8 Å². The molecule has 0 aliphatic carbocycles. The zero-order valence-electron chi connectivity index (χ0n) is 14.4. The third-order valence-electron chi connectivity index (χ3n) is 6.05. The van der Waals surface area contributed by atoms with E-state index in [0.717, 1.165) is 47.8 Å². The minimum atomic E-state index is -0.523. The highest BCUT2D eigenvalue weighted by Gasteiger charge is 2.42. The van der Waals surface area contributed by atoms with E-state index in [2.05, 4.69) is 22.9 Å². The summed E-state index contributed by atoms with van der Waals surface area (Å²) in [6.07, 6.45) is 4.80. The molecule has 3 saturated heterocycles. The van der Waals surface area contributed by atoms with Gasteiger partial charge in [0.15, 0.2) is 0 Å². The van der Waals surface area contributed by atoms with Crippen LogP contribution in [0.3, 0.4) is 0 Å². The van der Waals surface area contributed by atoms with Crippen LogP contribution in [0.1, 0.15) is 43.4 Å². The fourth-order valence-electron chi connectivity index (χ4n) is 4.67. The highest BCUT2D eigenvalue weighted by atomic mass is 79.9. The number of fused-ring (bicyclic) bond motifs is 4. The third kappa shape index (κ3) is 3.19. The third-order valence-corrected chi connectivity index (χ3v) is 6.05. The smallest absolute Gasteiger partial charge is 0.0991 e. The average Bonchev–Trinajstić information content (AvgIpc) is 2.66. The summed E-state index contributed by atoms with van der Waals surface area (Å²) in [6, 6.07) is 9.78. The van der Waals surface area contributed by atoms with Gasteiger partial charge in [-0.15, -0.1) is 17.0 Å². The summed E-state index contributed by atoms with van der Waals surface area (Å²) in [5, 5.41) is 21.2. The summed E-state index contributed by atoms with van der Waals surface area (Å²) in [5.41, 5.74) is 2.36. The number of rotatable bonds is 3. The van der Waals surface area contributed by atoms with E-state index in [0.29, 0.717) is 5.56 Å². The maximum absolute atomic E-state index is 11.1. The molecule has 5 rings (SSSR count). The molecule has 4 nitrogen and oxygen atoms in total. The van der Waals surface area contributed by atoms with Crippen LogP contribution in [-0.4, -0.2) is 34.1 Å². The highest BCUT2D eigenvalue weighted by molar-refractivity contribution is 8.93. The van der Waals surface area contributed by atoms with Crippen LogP contribution in [-0.2, 0) is 0 Å². The number of piperidine rings is 3. The summed E-state index contributed by atoms with van der Waals surface area (Å²) in [5.74, 6) is 1.52. The number of benzene rings is 1. The second-order valence-corrected chi connectivity index (χ2v) is 7.20. The van der Waals surface area contributed by atoms with Gasteiger partial charge in [0.25, 0.3) is 0 Å². The standard InChI is InChI=1S/C20H23N3O.BrH/c1-2-14-12-23-8-6-15(14)10-19(23)20(24)16-5-7-22-18-4-3-13(11-21)9-17(16)18;/h3-5,7,9,14-15,19-20,24H,2,6,8,10,12H2,1H3;1H/t14-,15-,19?,20+;/m0./s1. The topological polar surface area (TPSA) is 60.1 Å². The lowest BCUT2D eigenvalue weighted by Crippen LogP contribution is -2.55.